The number of benzene rings is 1. The highest BCUT2D eigenvalue weighted by Gasteiger charge is 2.30. The first-order valence-corrected chi connectivity index (χ1v) is 6.47. The fourth-order valence-corrected chi connectivity index (χ4v) is 2.99. The first-order chi connectivity index (χ1) is 8.74. The number of β-amino-alcohol motifs (C(OH)–C–C–N with tert-alkyl or cyclic N) is 1. The predicted octanol–water partition coefficient (Wildman–Crippen LogP) is 0.767. The SMILES string of the molecule is [2H]N1CC[C@H](N2CCc3ccccc3C2)[C@@H](O)C1. The molecule has 3 rings (SSSR count). The zero-order valence-corrected chi connectivity index (χ0v) is 10.0. The van der Waals surface area contributed by atoms with Gasteiger partial charge in [-0.25, -0.2) is 0 Å². The maximum absolute atomic E-state index is 10.1. The lowest BCUT2D eigenvalue weighted by Gasteiger charge is -2.40. The third kappa shape index (κ3) is 2.23. The molecular weight excluding hydrogens is 212 g/mol. The predicted molar refractivity (Wildman–Crippen MR) is 67.8 cm³/mol. The molecule has 0 radical (unpaired) electrons. The molecule has 1 fully saturated rings. The number of nitrogens with one attached hydrogen (secondary N) is 1. The molecule has 2 atom stereocenters. The van der Waals surface area contributed by atoms with E-state index in [0.29, 0.717) is 6.54 Å². The van der Waals surface area contributed by atoms with E-state index in [1.165, 1.54) is 16.4 Å². The van der Waals surface area contributed by atoms with Crippen LogP contribution in [0.4, 0.5) is 0 Å². The number of aliphatic hydroxyl groups excluding tert-OH is 1. The maximum Gasteiger partial charge on any atom is 0.122 e. The molecule has 3 heteroatoms. The molecule has 0 spiro atoms. The van der Waals surface area contributed by atoms with Gasteiger partial charge in [-0.15, -0.1) is 0 Å². The van der Waals surface area contributed by atoms with Crippen molar-refractivity contribution < 1.29 is 6.52 Å². The Morgan fingerprint density at radius 2 is 2.18 bits per heavy atom. The van der Waals surface area contributed by atoms with Crippen LogP contribution < -0.4 is 5.31 Å². The van der Waals surface area contributed by atoms with Gasteiger partial charge in [-0.2, -0.15) is 0 Å². The Kier molecular flexibility index (Phi) is 2.82. The van der Waals surface area contributed by atoms with Crippen molar-refractivity contribution in [3.05, 3.63) is 35.4 Å². The van der Waals surface area contributed by atoms with Gasteiger partial charge in [0, 0.05) is 25.7 Å². The van der Waals surface area contributed by atoms with Crippen molar-refractivity contribution in [2.45, 2.75) is 31.5 Å². The lowest BCUT2D eigenvalue weighted by Crippen LogP contribution is -2.53. The average molecular weight is 233 g/mol. The van der Waals surface area contributed by atoms with Crippen LogP contribution in [0.3, 0.4) is 0 Å². The fraction of sp³-hybridized carbons (Fsp3) is 0.571. The minimum absolute atomic E-state index is 0.222. The zero-order chi connectivity index (χ0) is 12.5. The second kappa shape index (κ2) is 4.77. The van der Waals surface area contributed by atoms with Crippen LogP contribution in [-0.2, 0) is 13.0 Å². The lowest BCUT2D eigenvalue weighted by molar-refractivity contribution is 0.0220. The van der Waals surface area contributed by atoms with Crippen molar-refractivity contribution in [3.8, 4) is 0 Å². The van der Waals surface area contributed by atoms with Crippen molar-refractivity contribution in [2.75, 3.05) is 19.6 Å². The Morgan fingerprint density at radius 1 is 1.35 bits per heavy atom. The molecule has 2 aliphatic heterocycles. The number of rotatable bonds is 1. The van der Waals surface area contributed by atoms with Crippen molar-refractivity contribution in [1.29, 1.82) is 0 Å². The number of hydrogen-bond acceptors (Lipinski definition) is 3. The van der Waals surface area contributed by atoms with E-state index in [4.69, 9.17) is 1.41 Å². The van der Waals surface area contributed by atoms with E-state index in [1.54, 1.807) is 0 Å². The summed E-state index contributed by atoms with van der Waals surface area (Å²) in [6.07, 6.45) is 1.58. The van der Waals surface area contributed by atoms with E-state index >= 15 is 0 Å². The molecule has 1 saturated heterocycles. The van der Waals surface area contributed by atoms with Crippen LogP contribution in [0.5, 0.6) is 0 Å². The van der Waals surface area contributed by atoms with E-state index in [1.807, 2.05) is 0 Å². The van der Waals surface area contributed by atoms with Gasteiger partial charge >= 0.3 is 0 Å². The normalized spacial score (nSPS) is 31.9. The van der Waals surface area contributed by atoms with E-state index in [9.17, 15) is 5.11 Å². The quantitative estimate of drug-likeness (QED) is 0.752. The third-order valence-corrected chi connectivity index (χ3v) is 3.97. The van der Waals surface area contributed by atoms with Crippen LogP contribution in [0.25, 0.3) is 0 Å². The highest BCUT2D eigenvalue weighted by Crippen LogP contribution is 2.23. The maximum atomic E-state index is 10.1. The van der Waals surface area contributed by atoms with Crippen LogP contribution in [0.15, 0.2) is 24.3 Å². The molecule has 2 N–H and O–H groups in total. The van der Waals surface area contributed by atoms with Crippen molar-refractivity contribution in [2.24, 2.45) is 0 Å². The zero-order valence-electron chi connectivity index (χ0n) is 11.0. The van der Waals surface area contributed by atoms with Crippen LogP contribution in [0.1, 0.15) is 17.5 Å². The van der Waals surface area contributed by atoms with Crippen LogP contribution in [0, 0.1) is 0 Å². The van der Waals surface area contributed by atoms with Gasteiger partial charge < -0.3 is 10.4 Å². The largest absolute Gasteiger partial charge is 0.390 e. The molecule has 0 amide bonds. The fourth-order valence-electron chi connectivity index (χ4n) is 2.99. The minimum Gasteiger partial charge on any atom is -0.390 e. The Labute approximate surface area is 104 Å². The molecule has 17 heavy (non-hydrogen) atoms. The number of piperidine rings is 1. The number of aliphatic hydroxyl groups is 1. The summed E-state index contributed by atoms with van der Waals surface area (Å²) in [6, 6.07) is 8.80. The van der Waals surface area contributed by atoms with Gasteiger partial charge in [0.15, 0.2) is 0 Å². The monoisotopic (exact) mass is 233 g/mol. The van der Waals surface area contributed by atoms with Gasteiger partial charge in [-0.1, -0.05) is 24.3 Å². The van der Waals surface area contributed by atoms with Gasteiger partial charge in [0.25, 0.3) is 0 Å². The summed E-state index contributed by atoms with van der Waals surface area (Å²) in [6.45, 7) is 3.20. The standard InChI is InChI=1S/C14H20N2O/c17-14-9-15-7-5-13(14)16-8-6-11-3-1-2-4-12(11)10-16/h1-4,13-15,17H,5-10H2/t13-,14-/m0/s1/i/hD. The molecule has 0 aromatic heterocycles. The molecule has 2 heterocycles. The number of hydrogen-bond donors (Lipinski definition) is 2. The summed E-state index contributed by atoms with van der Waals surface area (Å²) in [7, 11) is 0. The molecule has 0 aliphatic carbocycles. The molecule has 92 valence electrons. The van der Waals surface area contributed by atoms with Gasteiger partial charge in [0.2, 0.25) is 0 Å². The van der Waals surface area contributed by atoms with Crippen molar-refractivity contribution in [3.63, 3.8) is 0 Å². The Hall–Kier alpha value is -0.900. The number of nitrogens with zero attached hydrogens (tertiary/aromatic N) is 1. The Morgan fingerprint density at radius 3 is 3.00 bits per heavy atom. The number of fused-ring (bicyclic) bond motifs is 1. The summed E-state index contributed by atoms with van der Waals surface area (Å²) in [5.41, 5.74) is 2.84. The summed E-state index contributed by atoms with van der Waals surface area (Å²) >= 11 is 0. The topological polar surface area (TPSA) is 35.5 Å². The molecule has 0 saturated carbocycles. The molecule has 3 nitrogen and oxygen atoms in total. The van der Waals surface area contributed by atoms with Gasteiger partial charge in [-0.05, 0) is 30.5 Å². The lowest BCUT2D eigenvalue weighted by atomic mass is 9.95. The molecule has 1 aromatic carbocycles. The summed E-state index contributed by atoms with van der Waals surface area (Å²) in [5.74, 6) is 0. The van der Waals surface area contributed by atoms with E-state index < -0.39 is 0 Å². The molecule has 1 aromatic rings. The van der Waals surface area contributed by atoms with E-state index in [0.717, 1.165) is 32.5 Å². The molecule has 0 unspecified atom stereocenters. The first kappa shape index (κ1) is 10.1. The van der Waals surface area contributed by atoms with Gasteiger partial charge in [-0.3, -0.25) is 4.90 Å². The minimum atomic E-state index is -0.387. The van der Waals surface area contributed by atoms with Gasteiger partial charge in [0.05, 0.1) is 6.10 Å². The highest BCUT2D eigenvalue weighted by atomic mass is 16.3. The second-order valence-corrected chi connectivity index (χ2v) is 5.04. The highest BCUT2D eigenvalue weighted by molar-refractivity contribution is 5.29. The van der Waals surface area contributed by atoms with E-state index in [2.05, 4.69) is 29.2 Å². The first-order valence-electron chi connectivity index (χ1n) is 6.91. The smallest absolute Gasteiger partial charge is 0.122 e. The Balaban J connectivity index is 1.72. The van der Waals surface area contributed by atoms with Gasteiger partial charge in [0.1, 0.15) is 1.41 Å². The summed E-state index contributed by atoms with van der Waals surface area (Å²) in [4.78, 5) is 2.39. The third-order valence-electron chi connectivity index (χ3n) is 3.97. The summed E-state index contributed by atoms with van der Waals surface area (Å²) in [5, 5.41) is 11.6. The summed E-state index contributed by atoms with van der Waals surface area (Å²) < 4.78 is 7.58. The van der Waals surface area contributed by atoms with E-state index in [-0.39, 0.29) is 12.1 Å². The second-order valence-electron chi connectivity index (χ2n) is 5.04. The van der Waals surface area contributed by atoms with Crippen LogP contribution in [-0.4, -0.2) is 41.8 Å². The molecule has 2 aliphatic rings. The Bertz CT molecular complexity index is 426. The average Bonchev–Trinajstić information content (AvgIpc) is 2.38. The van der Waals surface area contributed by atoms with Crippen molar-refractivity contribution >= 4 is 0 Å². The van der Waals surface area contributed by atoms with Crippen LogP contribution >= 0.6 is 0 Å². The molecule has 0 bridgehead atoms. The van der Waals surface area contributed by atoms with Crippen LogP contribution in [0.2, 0.25) is 1.41 Å². The molecular formula is C14H20N2O. The van der Waals surface area contributed by atoms with Crippen molar-refractivity contribution in [1.82, 2.24) is 10.2 Å².